The minimum atomic E-state index is -0.876. The average Bonchev–Trinajstić information content (AvgIpc) is 3.55. The molecule has 42 heavy (non-hydrogen) atoms. The Hall–Kier alpha value is -4.03. The van der Waals surface area contributed by atoms with E-state index in [1.165, 1.54) is 7.11 Å². The van der Waals surface area contributed by atoms with E-state index in [0.29, 0.717) is 35.3 Å². The second-order valence-electron chi connectivity index (χ2n) is 11.6. The molecule has 0 bridgehead atoms. The normalized spacial score (nSPS) is 22.4. The van der Waals surface area contributed by atoms with Crippen molar-refractivity contribution in [3.05, 3.63) is 47.8 Å². The van der Waals surface area contributed by atoms with E-state index >= 15 is 4.39 Å². The summed E-state index contributed by atoms with van der Waals surface area (Å²) in [7, 11) is 1.52. The number of nitrogens with zero attached hydrogens (tertiary/aromatic N) is 5. The van der Waals surface area contributed by atoms with Gasteiger partial charge in [-0.05, 0) is 50.1 Å². The van der Waals surface area contributed by atoms with Crippen LogP contribution >= 0.6 is 0 Å². The molecule has 3 fully saturated rings. The molecule has 2 atom stereocenters. The van der Waals surface area contributed by atoms with Crippen LogP contribution in [0.2, 0.25) is 0 Å². The predicted molar refractivity (Wildman–Crippen MR) is 159 cm³/mol. The van der Waals surface area contributed by atoms with Crippen LogP contribution < -0.4 is 14.4 Å². The molecule has 2 aromatic heterocycles. The van der Waals surface area contributed by atoms with Gasteiger partial charge in [0, 0.05) is 42.6 Å². The van der Waals surface area contributed by atoms with E-state index in [2.05, 4.69) is 20.7 Å². The summed E-state index contributed by atoms with van der Waals surface area (Å²) in [6.45, 7) is 3.08. The van der Waals surface area contributed by atoms with Crippen LogP contribution in [0.1, 0.15) is 44.1 Å². The van der Waals surface area contributed by atoms with Crippen molar-refractivity contribution < 1.29 is 18.3 Å². The molecular weight excluding hydrogens is 536 g/mol. The fourth-order valence-electron chi connectivity index (χ4n) is 7.13. The number of hydrogen-bond acceptors (Lipinski definition) is 7. The van der Waals surface area contributed by atoms with Gasteiger partial charge in [-0.15, -0.1) is 6.42 Å². The standard InChI is InChI=1S/C33H33F2N5O2/c1-3-21-10-7-11-22-12-8-13-24(25(21)22)28-27(35)29-26(31(36-28)41-2)30(39-15-5-4-6-16-39)38-32(37-29)42-20-33-14-9-17-40(33)19-23(34)18-33/h1,7-8,10-13,23H,4-6,9,14-20H2,2H3/t23-,33+/m1/s1. The van der Waals surface area contributed by atoms with Crippen molar-refractivity contribution >= 4 is 27.5 Å². The van der Waals surface area contributed by atoms with Crippen LogP contribution in [0.25, 0.3) is 32.9 Å². The zero-order chi connectivity index (χ0) is 28.8. The molecule has 0 aliphatic carbocycles. The lowest BCUT2D eigenvalue weighted by Gasteiger charge is -2.31. The van der Waals surface area contributed by atoms with Gasteiger partial charge in [-0.3, -0.25) is 4.90 Å². The van der Waals surface area contributed by atoms with E-state index in [1.807, 2.05) is 36.4 Å². The van der Waals surface area contributed by atoms with Gasteiger partial charge in [0.15, 0.2) is 5.82 Å². The number of anilines is 1. The Bertz CT molecular complexity index is 1710. The largest absolute Gasteiger partial charge is 0.480 e. The smallest absolute Gasteiger partial charge is 0.319 e. The third-order valence-electron chi connectivity index (χ3n) is 9.11. The van der Waals surface area contributed by atoms with Crippen LogP contribution in [0.4, 0.5) is 14.6 Å². The van der Waals surface area contributed by atoms with E-state index in [-0.39, 0.29) is 35.2 Å². The van der Waals surface area contributed by atoms with Crippen molar-refractivity contribution in [3.8, 4) is 35.5 Å². The van der Waals surface area contributed by atoms with Gasteiger partial charge in [-0.1, -0.05) is 36.3 Å². The first-order valence-corrected chi connectivity index (χ1v) is 14.7. The third kappa shape index (κ3) is 4.40. The monoisotopic (exact) mass is 569 g/mol. The van der Waals surface area contributed by atoms with Gasteiger partial charge in [0.2, 0.25) is 5.88 Å². The van der Waals surface area contributed by atoms with Crippen LogP contribution in [-0.4, -0.2) is 71.5 Å². The van der Waals surface area contributed by atoms with Crippen molar-refractivity contribution in [2.45, 2.75) is 50.2 Å². The van der Waals surface area contributed by atoms with E-state index in [0.717, 1.165) is 62.5 Å². The second-order valence-corrected chi connectivity index (χ2v) is 11.6. The topological polar surface area (TPSA) is 63.6 Å². The number of methoxy groups -OCH3 is 1. The Morgan fingerprint density at radius 3 is 2.62 bits per heavy atom. The van der Waals surface area contributed by atoms with Crippen LogP contribution in [-0.2, 0) is 0 Å². The summed E-state index contributed by atoms with van der Waals surface area (Å²) < 4.78 is 43.2. The quantitative estimate of drug-likeness (QED) is 0.267. The number of piperidine rings is 1. The molecule has 4 aromatic rings. The molecule has 7 rings (SSSR count). The summed E-state index contributed by atoms with van der Waals surface area (Å²) >= 11 is 0. The lowest BCUT2D eigenvalue weighted by molar-refractivity contribution is 0.107. The van der Waals surface area contributed by atoms with Crippen molar-refractivity contribution in [1.82, 2.24) is 19.9 Å². The van der Waals surface area contributed by atoms with E-state index in [4.69, 9.17) is 25.9 Å². The highest BCUT2D eigenvalue weighted by molar-refractivity contribution is 6.03. The van der Waals surface area contributed by atoms with Gasteiger partial charge in [-0.25, -0.2) is 13.8 Å². The Morgan fingerprint density at radius 2 is 1.83 bits per heavy atom. The fraction of sp³-hybridized carbons (Fsp3) is 0.424. The number of ether oxygens (including phenoxy) is 2. The van der Waals surface area contributed by atoms with Crippen molar-refractivity contribution in [2.75, 3.05) is 44.8 Å². The molecule has 3 saturated heterocycles. The van der Waals surface area contributed by atoms with Gasteiger partial charge in [0.05, 0.1) is 12.6 Å². The Balaban J connectivity index is 1.40. The maximum atomic E-state index is 16.8. The maximum Gasteiger partial charge on any atom is 0.319 e. The molecule has 0 spiro atoms. The third-order valence-corrected chi connectivity index (χ3v) is 9.11. The predicted octanol–water partition coefficient (Wildman–Crippen LogP) is 5.92. The number of pyridine rings is 1. The van der Waals surface area contributed by atoms with Gasteiger partial charge < -0.3 is 14.4 Å². The SMILES string of the molecule is C#Cc1cccc2cccc(-c3nc(OC)c4c(N5CCCCC5)nc(OC[C@@]56CCCN5C[C@H](F)C6)nc4c3F)c12. The van der Waals surface area contributed by atoms with Gasteiger partial charge in [0.1, 0.15) is 35.2 Å². The van der Waals surface area contributed by atoms with Gasteiger partial charge in [0.25, 0.3) is 0 Å². The number of aromatic nitrogens is 3. The van der Waals surface area contributed by atoms with Crippen LogP contribution in [0.15, 0.2) is 36.4 Å². The molecule has 0 N–H and O–H groups in total. The molecule has 9 heteroatoms. The Kier molecular flexibility index (Phi) is 6.82. The molecule has 216 valence electrons. The minimum Gasteiger partial charge on any atom is -0.480 e. The molecule has 2 aromatic carbocycles. The van der Waals surface area contributed by atoms with Crippen LogP contribution in [0.5, 0.6) is 11.9 Å². The molecule has 3 aliphatic rings. The maximum absolute atomic E-state index is 16.8. The highest BCUT2D eigenvalue weighted by Gasteiger charge is 2.49. The molecule has 0 amide bonds. The summed E-state index contributed by atoms with van der Waals surface area (Å²) in [5.41, 5.74) is 0.996. The summed E-state index contributed by atoms with van der Waals surface area (Å²) in [4.78, 5) is 18.5. The highest BCUT2D eigenvalue weighted by Crippen LogP contribution is 2.42. The molecule has 0 saturated carbocycles. The summed E-state index contributed by atoms with van der Waals surface area (Å²) in [5.74, 6) is 2.91. The van der Waals surface area contributed by atoms with Crippen LogP contribution in [0, 0.1) is 18.2 Å². The van der Waals surface area contributed by atoms with E-state index < -0.39 is 12.0 Å². The molecule has 3 aliphatic heterocycles. The number of hydrogen-bond donors (Lipinski definition) is 0. The first-order chi connectivity index (χ1) is 20.5. The van der Waals surface area contributed by atoms with Crippen LogP contribution in [0.3, 0.4) is 0 Å². The van der Waals surface area contributed by atoms with Gasteiger partial charge >= 0.3 is 6.01 Å². The number of fused-ring (bicyclic) bond motifs is 3. The lowest BCUT2D eigenvalue weighted by atomic mass is 9.95. The fourth-order valence-corrected chi connectivity index (χ4v) is 7.13. The summed E-state index contributed by atoms with van der Waals surface area (Å²) in [6.07, 6.45) is 10.4. The first-order valence-electron chi connectivity index (χ1n) is 14.7. The highest BCUT2D eigenvalue weighted by atomic mass is 19.1. The lowest BCUT2D eigenvalue weighted by Crippen LogP contribution is -2.43. The van der Waals surface area contributed by atoms with Crippen molar-refractivity contribution in [2.24, 2.45) is 0 Å². The summed E-state index contributed by atoms with van der Waals surface area (Å²) in [6, 6.07) is 11.3. The Labute approximate surface area is 243 Å². The second kappa shape index (κ2) is 10.7. The number of rotatable bonds is 6. The molecule has 5 heterocycles. The average molecular weight is 570 g/mol. The number of benzene rings is 2. The zero-order valence-electron chi connectivity index (χ0n) is 23.7. The molecule has 0 radical (unpaired) electrons. The molecular formula is C33H33F2N5O2. The molecule has 0 unspecified atom stereocenters. The van der Waals surface area contributed by atoms with Crippen molar-refractivity contribution in [3.63, 3.8) is 0 Å². The number of alkyl halides is 1. The first kappa shape index (κ1) is 26.8. The summed E-state index contributed by atoms with van der Waals surface area (Å²) in [5, 5.41) is 2.03. The molecule has 7 nitrogen and oxygen atoms in total. The minimum absolute atomic E-state index is 0.0759. The zero-order valence-corrected chi connectivity index (χ0v) is 23.7. The van der Waals surface area contributed by atoms with E-state index in [1.54, 1.807) is 0 Å². The van der Waals surface area contributed by atoms with E-state index in [9.17, 15) is 4.39 Å². The number of terminal acetylenes is 1. The van der Waals surface area contributed by atoms with Crippen molar-refractivity contribution in [1.29, 1.82) is 0 Å². The Morgan fingerprint density at radius 1 is 1.02 bits per heavy atom. The number of halogens is 2. The van der Waals surface area contributed by atoms with Gasteiger partial charge in [-0.2, -0.15) is 9.97 Å².